The van der Waals surface area contributed by atoms with Gasteiger partial charge in [0, 0.05) is 20.1 Å². The van der Waals surface area contributed by atoms with Crippen molar-refractivity contribution in [3.05, 3.63) is 75.4 Å². The van der Waals surface area contributed by atoms with Crippen LogP contribution in [0.1, 0.15) is 13.3 Å². The van der Waals surface area contributed by atoms with Crippen LogP contribution in [0, 0.1) is 0 Å². The molecule has 7 nitrogen and oxygen atoms in total. The summed E-state index contributed by atoms with van der Waals surface area (Å²) in [6.07, 6.45) is 0.668. The molecule has 0 radical (unpaired) electrons. The molecule has 2 aromatic carbocycles. The summed E-state index contributed by atoms with van der Waals surface area (Å²) in [6.45, 7) is 2.87. The van der Waals surface area contributed by atoms with Crippen LogP contribution < -0.4 is 16.0 Å². The lowest BCUT2D eigenvalue weighted by Crippen LogP contribution is -2.42. The van der Waals surface area contributed by atoms with Gasteiger partial charge in [-0.15, -0.1) is 0 Å². The monoisotopic (exact) mass is 395 g/mol. The van der Waals surface area contributed by atoms with Crippen molar-refractivity contribution in [2.75, 3.05) is 20.2 Å². The van der Waals surface area contributed by atoms with Crippen molar-refractivity contribution in [3.63, 3.8) is 0 Å². The van der Waals surface area contributed by atoms with E-state index in [0.717, 1.165) is 10.3 Å². The van der Waals surface area contributed by atoms with E-state index in [1.54, 1.807) is 43.1 Å². The van der Waals surface area contributed by atoms with Crippen molar-refractivity contribution in [2.45, 2.75) is 26.4 Å². The molecule has 0 saturated heterocycles. The Morgan fingerprint density at radius 2 is 1.69 bits per heavy atom. The second kappa shape index (κ2) is 9.23. The van der Waals surface area contributed by atoms with E-state index in [-0.39, 0.29) is 24.6 Å². The zero-order valence-corrected chi connectivity index (χ0v) is 16.7. The third-order valence-electron chi connectivity index (χ3n) is 4.82. The van der Waals surface area contributed by atoms with Crippen molar-refractivity contribution < 1.29 is 9.53 Å². The number of hydrogen-bond donors (Lipinski definition) is 0. The first kappa shape index (κ1) is 20.4. The summed E-state index contributed by atoms with van der Waals surface area (Å²) in [7, 11) is 1.70. The van der Waals surface area contributed by atoms with Crippen molar-refractivity contribution in [1.82, 2.24) is 14.0 Å². The number of aromatic nitrogens is 2. The van der Waals surface area contributed by atoms with Gasteiger partial charge in [-0.2, -0.15) is 0 Å². The van der Waals surface area contributed by atoms with Crippen LogP contribution in [0.25, 0.3) is 10.9 Å². The van der Waals surface area contributed by atoms with Crippen LogP contribution in [-0.2, 0) is 17.9 Å². The molecular weight excluding hydrogens is 370 g/mol. The molecule has 0 bridgehead atoms. The normalized spacial score (nSPS) is 10.8. The molecular formula is C22H25N3O4. The number of amides is 1. The van der Waals surface area contributed by atoms with E-state index in [9.17, 15) is 14.4 Å². The van der Waals surface area contributed by atoms with Gasteiger partial charge >= 0.3 is 5.69 Å². The molecule has 3 aromatic rings. The van der Waals surface area contributed by atoms with Crippen LogP contribution in [0.4, 0.5) is 0 Å². The van der Waals surface area contributed by atoms with Crippen molar-refractivity contribution in [2.24, 2.45) is 0 Å². The van der Waals surface area contributed by atoms with Crippen molar-refractivity contribution in [3.8, 4) is 5.75 Å². The van der Waals surface area contributed by atoms with Gasteiger partial charge < -0.3 is 9.64 Å². The summed E-state index contributed by atoms with van der Waals surface area (Å²) in [5.74, 6) is 0.597. The summed E-state index contributed by atoms with van der Waals surface area (Å²) in [5.41, 5.74) is -0.324. The predicted octanol–water partition coefficient (Wildman–Crippen LogP) is 2.11. The fraction of sp³-hybridized carbons (Fsp3) is 0.318. The number of para-hydroxylation sites is 2. The summed E-state index contributed by atoms with van der Waals surface area (Å²) < 4.78 is 8.17. The Kier molecular flexibility index (Phi) is 6.49. The lowest BCUT2D eigenvalue weighted by molar-refractivity contribution is -0.130. The van der Waals surface area contributed by atoms with Crippen LogP contribution in [-0.4, -0.2) is 40.1 Å². The molecule has 152 valence electrons. The molecule has 1 heterocycles. The Labute approximate surface area is 168 Å². The molecule has 0 N–H and O–H groups in total. The molecule has 0 atom stereocenters. The minimum absolute atomic E-state index is 0.115. The number of rotatable bonds is 8. The highest BCUT2D eigenvalue weighted by atomic mass is 16.5. The Bertz CT molecular complexity index is 1100. The Balaban J connectivity index is 1.69. The van der Waals surface area contributed by atoms with Gasteiger partial charge in [0.05, 0.1) is 17.5 Å². The highest BCUT2D eigenvalue weighted by molar-refractivity contribution is 5.81. The van der Waals surface area contributed by atoms with Crippen molar-refractivity contribution >= 4 is 16.8 Å². The predicted molar refractivity (Wildman–Crippen MR) is 112 cm³/mol. The third kappa shape index (κ3) is 4.56. The highest BCUT2D eigenvalue weighted by Crippen LogP contribution is 2.09. The fourth-order valence-corrected chi connectivity index (χ4v) is 3.19. The molecule has 0 saturated carbocycles. The minimum atomic E-state index is -0.467. The zero-order chi connectivity index (χ0) is 20.8. The summed E-state index contributed by atoms with van der Waals surface area (Å²) in [6, 6.07) is 16.4. The fourth-order valence-electron chi connectivity index (χ4n) is 3.19. The number of hydrogen-bond acceptors (Lipinski definition) is 4. The highest BCUT2D eigenvalue weighted by Gasteiger charge is 2.16. The average molecular weight is 395 g/mol. The molecule has 3 rings (SSSR count). The molecule has 0 aliphatic rings. The van der Waals surface area contributed by atoms with Gasteiger partial charge in [0.1, 0.15) is 12.3 Å². The number of carbonyl (C=O) groups is 1. The lowest BCUT2D eigenvalue weighted by Gasteiger charge is -2.19. The van der Waals surface area contributed by atoms with E-state index in [2.05, 4.69) is 0 Å². The van der Waals surface area contributed by atoms with Crippen LogP contribution in [0.3, 0.4) is 0 Å². The topological polar surface area (TPSA) is 73.5 Å². The first-order valence-electron chi connectivity index (χ1n) is 9.67. The Hall–Kier alpha value is -3.35. The third-order valence-corrected chi connectivity index (χ3v) is 4.82. The maximum atomic E-state index is 12.7. The average Bonchev–Trinajstić information content (AvgIpc) is 2.75. The number of likely N-dealkylation sites (N-methyl/N-ethyl adjacent to an activating group) is 1. The molecule has 0 fully saturated rings. The smallest absolute Gasteiger partial charge is 0.331 e. The number of benzene rings is 2. The second-order valence-corrected chi connectivity index (χ2v) is 6.77. The van der Waals surface area contributed by atoms with E-state index in [4.69, 9.17) is 4.74 Å². The Morgan fingerprint density at radius 3 is 2.41 bits per heavy atom. The first-order chi connectivity index (χ1) is 14.0. The quantitative estimate of drug-likeness (QED) is 0.548. The van der Waals surface area contributed by atoms with Gasteiger partial charge in [-0.3, -0.25) is 18.7 Å². The number of ether oxygens (including phenoxy) is 1. The Morgan fingerprint density at radius 1 is 1.00 bits per heavy atom. The number of carbonyl (C=O) groups excluding carboxylic acids is 1. The maximum Gasteiger partial charge on any atom is 0.331 e. The molecule has 1 aromatic heterocycles. The van der Waals surface area contributed by atoms with E-state index < -0.39 is 5.69 Å². The van der Waals surface area contributed by atoms with Crippen LogP contribution >= 0.6 is 0 Å². The lowest BCUT2D eigenvalue weighted by atomic mass is 10.2. The van der Waals surface area contributed by atoms with Gasteiger partial charge in [0.2, 0.25) is 5.91 Å². The van der Waals surface area contributed by atoms with Crippen LogP contribution in [0.5, 0.6) is 5.75 Å². The molecule has 29 heavy (non-hydrogen) atoms. The molecule has 0 aliphatic heterocycles. The van der Waals surface area contributed by atoms with Crippen LogP contribution in [0.2, 0.25) is 0 Å². The number of nitrogens with zero attached hydrogens (tertiary/aromatic N) is 3. The molecule has 7 heteroatoms. The van der Waals surface area contributed by atoms with E-state index in [0.29, 0.717) is 30.5 Å². The number of fused-ring (bicyclic) bond motifs is 1. The van der Waals surface area contributed by atoms with E-state index in [1.165, 1.54) is 4.57 Å². The second-order valence-electron chi connectivity index (χ2n) is 6.77. The molecule has 1 amide bonds. The maximum absolute atomic E-state index is 12.7. The summed E-state index contributed by atoms with van der Waals surface area (Å²) in [4.78, 5) is 39.5. The van der Waals surface area contributed by atoms with E-state index >= 15 is 0 Å². The van der Waals surface area contributed by atoms with E-state index in [1.807, 2.05) is 30.3 Å². The largest absolute Gasteiger partial charge is 0.494 e. The standard InChI is InChI=1S/C22H25N3O4/c1-3-24-21(27)18-12-7-8-13-19(18)25(22(24)28)16-20(26)23(2)14-9-15-29-17-10-5-4-6-11-17/h4-8,10-13H,3,9,14-16H2,1-2H3. The van der Waals surface area contributed by atoms with Crippen LogP contribution in [0.15, 0.2) is 64.2 Å². The first-order valence-corrected chi connectivity index (χ1v) is 9.67. The molecule has 0 spiro atoms. The minimum Gasteiger partial charge on any atom is -0.494 e. The van der Waals surface area contributed by atoms with Gasteiger partial charge in [0.15, 0.2) is 0 Å². The molecule has 0 unspecified atom stereocenters. The summed E-state index contributed by atoms with van der Waals surface area (Å²) in [5, 5.41) is 0.431. The van der Waals surface area contributed by atoms with Gasteiger partial charge in [0.25, 0.3) is 5.56 Å². The summed E-state index contributed by atoms with van der Waals surface area (Å²) >= 11 is 0. The SMILES string of the molecule is CCn1c(=O)c2ccccc2n(CC(=O)N(C)CCCOc2ccccc2)c1=O. The van der Waals surface area contributed by atoms with Gasteiger partial charge in [-0.1, -0.05) is 30.3 Å². The van der Waals surface area contributed by atoms with Gasteiger partial charge in [-0.05, 0) is 37.6 Å². The van der Waals surface area contributed by atoms with Gasteiger partial charge in [-0.25, -0.2) is 4.79 Å². The van der Waals surface area contributed by atoms with Crippen molar-refractivity contribution in [1.29, 1.82) is 0 Å². The zero-order valence-electron chi connectivity index (χ0n) is 16.7. The molecule has 0 aliphatic carbocycles.